The molecule has 2 fully saturated rings. The number of piperidine rings is 1. The monoisotopic (exact) mass is 367 g/mol. The van der Waals surface area contributed by atoms with E-state index in [0.717, 1.165) is 50.6 Å². The van der Waals surface area contributed by atoms with E-state index in [2.05, 4.69) is 31.0 Å². The Morgan fingerprint density at radius 3 is 2.70 bits per heavy atom. The molecule has 2 aliphatic heterocycles. The molecule has 144 valence electrons. The Hall–Kier alpha value is -2.21. The Kier molecular flexibility index (Phi) is 5.82. The van der Waals surface area contributed by atoms with E-state index in [9.17, 15) is 4.79 Å². The molecule has 2 aliphatic rings. The van der Waals surface area contributed by atoms with Crippen molar-refractivity contribution in [2.45, 2.75) is 38.6 Å². The highest BCUT2D eigenvalue weighted by atomic mass is 16.2. The summed E-state index contributed by atoms with van der Waals surface area (Å²) in [6.45, 7) is 5.21. The van der Waals surface area contributed by atoms with Gasteiger partial charge in [0.25, 0.3) is 0 Å². The molecule has 0 aliphatic carbocycles. The van der Waals surface area contributed by atoms with Crippen molar-refractivity contribution in [3.05, 3.63) is 48.0 Å². The molecule has 0 aromatic carbocycles. The summed E-state index contributed by atoms with van der Waals surface area (Å²) < 4.78 is 0. The lowest BCUT2D eigenvalue weighted by Crippen LogP contribution is -2.37. The van der Waals surface area contributed by atoms with Crippen molar-refractivity contribution in [3.8, 4) is 0 Å². The molecule has 0 saturated carbocycles. The second-order valence-corrected chi connectivity index (χ2v) is 7.97. The normalized spacial score (nSPS) is 21.6. The summed E-state index contributed by atoms with van der Waals surface area (Å²) in [5, 5.41) is 6.76. The van der Waals surface area contributed by atoms with Crippen LogP contribution in [0.5, 0.6) is 0 Å². The molecular formula is C21H29N5O. The first-order valence-electron chi connectivity index (χ1n) is 10.1. The average molecular weight is 367 g/mol. The topological polar surface area (TPSA) is 65.1 Å². The molecule has 2 aromatic heterocycles. The molecule has 0 radical (unpaired) electrons. The van der Waals surface area contributed by atoms with Gasteiger partial charge in [0.05, 0.1) is 6.20 Å². The third kappa shape index (κ3) is 4.75. The summed E-state index contributed by atoms with van der Waals surface area (Å²) >= 11 is 0. The molecule has 4 heterocycles. The molecule has 6 nitrogen and oxygen atoms in total. The van der Waals surface area contributed by atoms with Crippen molar-refractivity contribution in [1.29, 1.82) is 0 Å². The van der Waals surface area contributed by atoms with Gasteiger partial charge < -0.3 is 4.90 Å². The van der Waals surface area contributed by atoms with Gasteiger partial charge in [0, 0.05) is 44.6 Å². The molecule has 1 N–H and O–H groups in total. The zero-order valence-corrected chi connectivity index (χ0v) is 15.9. The van der Waals surface area contributed by atoms with Gasteiger partial charge in [-0.1, -0.05) is 6.07 Å². The third-order valence-corrected chi connectivity index (χ3v) is 6.19. The minimum Gasteiger partial charge on any atom is -0.342 e. The van der Waals surface area contributed by atoms with Gasteiger partial charge in [0.1, 0.15) is 0 Å². The molecule has 2 aromatic rings. The number of amides is 1. The number of pyridine rings is 1. The van der Waals surface area contributed by atoms with Crippen LogP contribution in [-0.2, 0) is 17.8 Å². The number of aromatic amines is 1. The smallest absolute Gasteiger partial charge is 0.222 e. The Morgan fingerprint density at radius 2 is 1.96 bits per heavy atom. The first-order valence-corrected chi connectivity index (χ1v) is 10.1. The maximum atomic E-state index is 12.5. The van der Waals surface area contributed by atoms with Crippen LogP contribution in [0.4, 0.5) is 0 Å². The van der Waals surface area contributed by atoms with E-state index in [1.54, 1.807) is 6.20 Å². The highest BCUT2D eigenvalue weighted by Gasteiger charge is 2.33. The van der Waals surface area contributed by atoms with E-state index >= 15 is 0 Å². The Bertz CT molecular complexity index is 709. The highest BCUT2D eigenvalue weighted by molar-refractivity contribution is 5.76. The summed E-state index contributed by atoms with van der Waals surface area (Å²) in [6.07, 6.45) is 12.5. The first kappa shape index (κ1) is 18.2. The number of H-pyrrole nitrogens is 1. The molecule has 0 unspecified atom stereocenters. The van der Waals surface area contributed by atoms with Crippen molar-refractivity contribution in [2.24, 2.45) is 11.8 Å². The number of likely N-dealkylation sites (tertiary alicyclic amines) is 2. The van der Waals surface area contributed by atoms with Crippen molar-refractivity contribution in [3.63, 3.8) is 0 Å². The highest BCUT2D eigenvalue weighted by Crippen LogP contribution is 2.32. The minimum absolute atomic E-state index is 0.299. The van der Waals surface area contributed by atoms with Crippen LogP contribution >= 0.6 is 0 Å². The number of hydrogen-bond acceptors (Lipinski definition) is 4. The van der Waals surface area contributed by atoms with Gasteiger partial charge in [-0.05, 0) is 67.8 Å². The van der Waals surface area contributed by atoms with Crippen LogP contribution in [-0.4, -0.2) is 57.1 Å². The van der Waals surface area contributed by atoms with Crippen molar-refractivity contribution in [1.82, 2.24) is 25.0 Å². The van der Waals surface area contributed by atoms with Crippen molar-refractivity contribution >= 4 is 5.91 Å². The zero-order valence-electron chi connectivity index (χ0n) is 15.9. The summed E-state index contributed by atoms with van der Waals surface area (Å²) in [7, 11) is 0. The van der Waals surface area contributed by atoms with Crippen LogP contribution in [0.3, 0.4) is 0 Å². The second kappa shape index (κ2) is 8.65. The SMILES string of the molecule is O=C(CCc1cn[nH]c1)N1CC[C@@H](C2CCN(Cc3cccnc3)CC2)C1. The number of nitrogens with zero attached hydrogens (tertiary/aromatic N) is 4. The molecular weight excluding hydrogens is 338 g/mol. The number of aryl methyl sites for hydroxylation is 1. The molecule has 4 rings (SSSR count). The number of hydrogen-bond donors (Lipinski definition) is 1. The Labute approximate surface area is 161 Å². The first-order chi connectivity index (χ1) is 13.3. The van der Waals surface area contributed by atoms with Crippen molar-refractivity contribution in [2.75, 3.05) is 26.2 Å². The second-order valence-electron chi connectivity index (χ2n) is 7.97. The van der Waals surface area contributed by atoms with Crippen LogP contribution in [0.2, 0.25) is 0 Å². The fourth-order valence-corrected chi connectivity index (χ4v) is 4.55. The van der Waals surface area contributed by atoms with Gasteiger partial charge in [0.2, 0.25) is 5.91 Å². The van der Waals surface area contributed by atoms with Crippen LogP contribution in [0, 0.1) is 11.8 Å². The Morgan fingerprint density at radius 1 is 1.11 bits per heavy atom. The minimum atomic E-state index is 0.299. The van der Waals surface area contributed by atoms with Crippen LogP contribution in [0.1, 0.15) is 36.8 Å². The van der Waals surface area contributed by atoms with E-state index in [4.69, 9.17) is 0 Å². The lowest BCUT2D eigenvalue weighted by Gasteiger charge is -2.34. The van der Waals surface area contributed by atoms with Crippen LogP contribution in [0.15, 0.2) is 36.9 Å². The lowest BCUT2D eigenvalue weighted by atomic mass is 9.83. The molecule has 27 heavy (non-hydrogen) atoms. The largest absolute Gasteiger partial charge is 0.342 e. The van der Waals surface area contributed by atoms with Crippen LogP contribution in [0.25, 0.3) is 0 Å². The predicted octanol–water partition coefficient (Wildman–Crippen LogP) is 2.50. The fourth-order valence-electron chi connectivity index (χ4n) is 4.55. The Balaban J connectivity index is 1.20. The maximum Gasteiger partial charge on any atom is 0.222 e. The van der Waals surface area contributed by atoms with Gasteiger partial charge in [0.15, 0.2) is 0 Å². The van der Waals surface area contributed by atoms with E-state index in [0.29, 0.717) is 18.2 Å². The van der Waals surface area contributed by atoms with Gasteiger partial charge >= 0.3 is 0 Å². The van der Waals surface area contributed by atoms with Gasteiger partial charge in [-0.2, -0.15) is 5.10 Å². The maximum absolute atomic E-state index is 12.5. The number of carbonyl (C=O) groups excluding carboxylic acids is 1. The number of nitrogens with one attached hydrogen (secondary N) is 1. The molecule has 1 amide bonds. The standard InChI is InChI=1S/C21H29N5O/c27-21(4-3-17-13-23-24-14-17)26-11-7-20(16-26)19-5-9-25(10-6-19)15-18-2-1-8-22-12-18/h1-2,8,12-14,19-20H,3-7,9-11,15-16H2,(H,23,24)/t20-/m1/s1. The summed E-state index contributed by atoms with van der Waals surface area (Å²) in [6, 6.07) is 4.17. The lowest BCUT2D eigenvalue weighted by molar-refractivity contribution is -0.130. The van der Waals surface area contributed by atoms with Gasteiger partial charge in [-0.15, -0.1) is 0 Å². The van der Waals surface area contributed by atoms with E-state index in [1.165, 1.54) is 24.8 Å². The number of rotatable bonds is 6. The molecule has 0 bridgehead atoms. The predicted molar refractivity (Wildman–Crippen MR) is 104 cm³/mol. The number of carbonyl (C=O) groups is 1. The van der Waals surface area contributed by atoms with Crippen molar-refractivity contribution < 1.29 is 4.79 Å². The number of aromatic nitrogens is 3. The van der Waals surface area contributed by atoms with E-state index in [-0.39, 0.29) is 0 Å². The molecule has 0 spiro atoms. The summed E-state index contributed by atoms with van der Waals surface area (Å²) in [5.41, 5.74) is 2.41. The quantitative estimate of drug-likeness (QED) is 0.852. The van der Waals surface area contributed by atoms with Gasteiger partial charge in [-0.25, -0.2) is 0 Å². The summed E-state index contributed by atoms with van der Waals surface area (Å²) in [4.78, 5) is 21.3. The average Bonchev–Trinajstić information content (AvgIpc) is 3.40. The van der Waals surface area contributed by atoms with E-state index in [1.807, 2.05) is 24.7 Å². The third-order valence-electron chi connectivity index (χ3n) is 6.19. The van der Waals surface area contributed by atoms with Crippen LogP contribution < -0.4 is 0 Å². The van der Waals surface area contributed by atoms with E-state index < -0.39 is 0 Å². The molecule has 2 saturated heterocycles. The fraction of sp³-hybridized carbons (Fsp3) is 0.571. The molecule has 1 atom stereocenters. The molecule has 6 heteroatoms. The van der Waals surface area contributed by atoms with Gasteiger partial charge in [-0.3, -0.25) is 19.8 Å². The zero-order chi connectivity index (χ0) is 18.5. The summed E-state index contributed by atoms with van der Waals surface area (Å²) in [5.74, 6) is 1.75.